The van der Waals surface area contributed by atoms with Gasteiger partial charge in [0.2, 0.25) is 0 Å². The second-order valence-corrected chi connectivity index (χ2v) is 7.55. The van der Waals surface area contributed by atoms with Crippen LogP contribution < -0.4 is 5.32 Å². The molecule has 1 rings (SSSR count). The number of nitrogens with one attached hydrogen (secondary N) is 1. The van der Waals surface area contributed by atoms with Crippen LogP contribution in [0.1, 0.15) is 59.8 Å². The monoisotopic (exact) mass is 301 g/mol. The maximum atomic E-state index is 12.2. The second-order valence-electron chi connectivity index (χ2n) is 6.08. The fraction of sp³-hybridized carbons (Fsp3) is 0.938. The van der Waals surface area contributed by atoms with Crippen LogP contribution in [0.2, 0.25) is 0 Å². The quantitative estimate of drug-likeness (QED) is 0.660. The van der Waals surface area contributed by atoms with E-state index in [2.05, 4.69) is 12.2 Å². The molecule has 2 atom stereocenters. The molecule has 3 nitrogen and oxygen atoms in total. The zero-order valence-electron chi connectivity index (χ0n) is 13.5. The molecule has 0 radical (unpaired) electrons. The van der Waals surface area contributed by atoms with Gasteiger partial charge >= 0.3 is 5.97 Å². The van der Waals surface area contributed by atoms with Crippen LogP contribution in [0, 0.1) is 5.92 Å². The lowest BCUT2D eigenvalue weighted by atomic mass is 9.96. The summed E-state index contributed by atoms with van der Waals surface area (Å²) in [7, 11) is 0. The van der Waals surface area contributed by atoms with Crippen molar-refractivity contribution >= 4 is 17.7 Å². The smallest absolute Gasteiger partial charge is 0.326 e. The molecule has 0 aromatic rings. The third kappa shape index (κ3) is 5.65. The molecule has 0 aromatic heterocycles. The van der Waals surface area contributed by atoms with Crippen LogP contribution in [0.15, 0.2) is 0 Å². The van der Waals surface area contributed by atoms with Crippen molar-refractivity contribution in [2.75, 3.05) is 18.9 Å². The molecule has 0 spiro atoms. The van der Waals surface area contributed by atoms with Gasteiger partial charge in [-0.1, -0.05) is 26.7 Å². The van der Waals surface area contributed by atoms with Crippen LogP contribution in [0.3, 0.4) is 0 Å². The Labute approximate surface area is 128 Å². The van der Waals surface area contributed by atoms with E-state index in [0.29, 0.717) is 11.9 Å². The lowest BCUT2D eigenvalue weighted by molar-refractivity contribution is -0.150. The summed E-state index contributed by atoms with van der Waals surface area (Å²) in [6, 6.07) is 0. The molecular weight excluding hydrogens is 270 g/mol. The van der Waals surface area contributed by atoms with E-state index in [4.69, 9.17) is 4.74 Å². The number of carbonyl (C=O) groups excluding carboxylic acids is 1. The minimum Gasteiger partial charge on any atom is -0.465 e. The van der Waals surface area contributed by atoms with Gasteiger partial charge < -0.3 is 10.1 Å². The predicted molar refractivity (Wildman–Crippen MR) is 87.2 cm³/mol. The molecule has 1 saturated carbocycles. The molecule has 0 saturated heterocycles. The number of hydrogen-bond donors (Lipinski definition) is 1. The number of esters is 1. The highest BCUT2D eigenvalue weighted by Crippen LogP contribution is 2.31. The standard InChI is InChI=1S/C16H31NO2S/c1-5-17-16(4,15(18)19-6-2)11-13(3)20-12-14-9-7-8-10-14/h13-14,17H,5-12H2,1-4H3. The van der Waals surface area contributed by atoms with Crippen molar-refractivity contribution in [3.63, 3.8) is 0 Å². The van der Waals surface area contributed by atoms with Crippen LogP contribution in [0.4, 0.5) is 0 Å². The van der Waals surface area contributed by atoms with Crippen molar-refractivity contribution in [2.45, 2.75) is 70.6 Å². The summed E-state index contributed by atoms with van der Waals surface area (Å²) in [5.41, 5.74) is -0.549. The number of likely N-dealkylation sites (N-methyl/N-ethyl adjacent to an activating group) is 1. The molecule has 1 aliphatic rings. The van der Waals surface area contributed by atoms with Crippen molar-refractivity contribution in [1.29, 1.82) is 0 Å². The highest BCUT2D eigenvalue weighted by atomic mass is 32.2. The number of ether oxygens (including phenoxy) is 1. The summed E-state index contributed by atoms with van der Waals surface area (Å²) >= 11 is 2.01. The van der Waals surface area contributed by atoms with Crippen molar-refractivity contribution in [3.8, 4) is 0 Å². The molecule has 20 heavy (non-hydrogen) atoms. The van der Waals surface area contributed by atoms with Crippen LogP contribution in [-0.2, 0) is 9.53 Å². The molecule has 1 fully saturated rings. The first-order valence-corrected chi connectivity index (χ1v) is 9.10. The molecule has 0 aliphatic heterocycles. The topological polar surface area (TPSA) is 38.3 Å². The van der Waals surface area contributed by atoms with Gasteiger partial charge in [-0.3, -0.25) is 4.79 Å². The van der Waals surface area contributed by atoms with Crippen molar-refractivity contribution in [2.24, 2.45) is 5.92 Å². The highest BCUT2D eigenvalue weighted by molar-refractivity contribution is 7.99. The van der Waals surface area contributed by atoms with E-state index in [9.17, 15) is 4.79 Å². The van der Waals surface area contributed by atoms with Gasteiger partial charge in [-0.05, 0) is 51.3 Å². The summed E-state index contributed by atoms with van der Waals surface area (Å²) in [4.78, 5) is 12.2. The van der Waals surface area contributed by atoms with Gasteiger partial charge in [0.05, 0.1) is 6.61 Å². The summed E-state index contributed by atoms with van der Waals surface area (Å²) in [5.74, 6) is 2.03. The molecule has 1 N–H and O–H groups in total. The first-order chi connectivity index (χ1) is 9.51. The van der Waals surface area contributed by atoms with Crippen molar-refractivity contribution < 1.29 is 9.53 Å². The van der Waals surface area contributed by atoms with E-state index in [-0.39, 0.29) is 5.97 Å². The Morgan fingerprint density at radius 1 is 1.40 bits per heavy atom. The third-order valence-electron chi connectivity index (χ3n) is 4.08. The lowest BCUT2D eigenvalue weighted by Crippen LogP contribution is -2.51. The van der Waals surface area contributed by atoms with Crippen LogP contribution in [0.5, 0.6) is 0 Å². The van der Waals surface area contributed by atoms with E-state index >= 15 is 0 Å². The summed E-state index contributed by atoms with van der Waals surface area (Å²) in [6.07, 6.45) is 6.41. The fourth-order valence-corrected chi connectivity index (χ4v) is 4.40. The Kier molecular flexibility index (Phi) is 7.96. The Balaban J connectivity index is 2.44. The van der Waals surface area contributed by atoms with Gasteiger partial charge in [-0.2, -0.15) is 11.8 Å². The Hall–Kier alpha value is -0.220. The van der Waals surface area contributed by atoms with Crippen LogP contribution >= 0.6 is 11.8 Å². The fourth-order valence-electron chi connectivity index (χ4n) is 3.02. The largest absolute Gasteiger partial charge is 0.465 e. The van der Waals surface area contributed by atoms with Crippen molar-refractivity contribution in [3.05, 3.63) is 0 Å². The normalized spacial score (nSPS) is 20.6. The number of carbonyl (C=O) groups is 1. The zero-order chi connectivity index (χ0) is 15.0. The van der Waals surface area contributed by atoms with Gasteiger partial charge in [-0.15, -0.1) is 0 Å². The van der Waals surface area contributed by atoms with Gasteiger partial charge in [0.1, 0.15) is 5.54 Å². The van der Waals surface area contributed by atoms with E-state index in [0.717, 1.165) is 18.9 Å². The molecule has 0 aromatic carbocycles. The Bertz CT molecular complexity index is 292. The van der Waals surface area contributed by atoms with Gasteiger partial charge in [-0.25, -0.2) is 0 Å². The van der Waals surface area contributed by atoms with Gasteiger partial charge in [0.25, 0.3) is 0 Å². The molecule has 118 valence electrons. The molecule has 1 aliphatic carbocycles. The van der Waals surface area contributed by atoms with Crippen LogP contribution in [0.25, 0.3) is 0 Å². The Morgan fingerprint density at radius 2 is 2.05 bits per heavy atom. The van der Waals surface area contributed by atoms with E-state index < -0.39 is 5.54 Å². The number of rotatable bonds is 9. The highest BCUT2D eigenvalue weighted by Gasteiger charge is 2.35. The first-order valence-electron chi connectivity index (χ1n) is 8.05. The van der Waals surface area contributed by atoms with E-state index in [1.807, 2.05) is 32.5 Å². The van der Waals surface area contributed by atoms with E-state index in [1.54, 1.807) is 0 Å². The summed E-state index contributed by atoms with van der Waals surface area (Å²) in [6.45, 7) is 9.34. The third-order valence-corrected chi connectivity index (χ3v) is 5.48. The molecule has 0 amide bonds. The molecule has 0 bridgehead atoms. The minimum atomic E-state index is -0.549. The van der Waals surface area contributed by atoms with E-state index in [1.165, 1.54) is 31.4 Å². The first kappa shape index (κ1) is 17.8. The SMILES string of the molecule is CCNC(C)(CC(C)SCC1CCCC1)C(=O)OCC. The van der Waals surface area contributed by atoms with Gasteiger partial charge in [0, 0.05) is 5.25 Å². The molecule has 4 heteroatoms. The molecular formula is C16H31NO2S. The second kappa shape index (κ2) is 8.93. The molecule has 2 unspecified atom stereocenters. The van der Waals surface area contributed by atoms with Crippen molar-refractivity contribution in [1.82, 2.24) is 5.32 Å². The zero-order valence-corrected chi connectivity index (χ0v) is 14.4. The average molecular weight is 301 g/mol. The maximum Gasteiger partial charge on any atom is 0.326 e. The summed E-state index contributed by atoms with van der Waals surface area (Å²) < 4.78 is 5.23. The van der Waals surface area contributed by atoms with Crippen LogP contribution in [-0.4, -0.2) is 35.7 Å². The Morgan fingerprint density at radius 3 is 2.60 bits per heavy atom. The average Bonchev–Trinajstić information content (AvgIpc) is 2.90. The predicted octanol–water partition coefficient (Wildman–Crippen LogP) is 3.62. The number of thioether (sulfide) groups is 1. The summed E-state index contributed by atoms with van der Waals surface area (Å²) in [5, 5.41) is 3.79. The van der Waals surface area contributed by atoms with Gasteiger partial charge in [0.15, 0.2) is 0 Å². The minimum absolute atomic E-state index is 0.116. The number of hydrogen-bond acceptors (Lipinski definition) is 4. The molecule has 0 heterocycles. The lowest BCUT2D eigenvalue weighted by Gasteiger charge is -2.30. The maximum absolute atomic E-state index is 12.2.